The highest BCUT2D eigenvalue weighted by atomic mass is 32.1. The predicted molar refractivity (Wildman–Crippen MR) is 140 cm³/mol. The molecule has 0 aliphatic carbocycles. The van der Waals surface area contributed by atoms with E-state index in [9.17, 15) is 4.79 Å². The molecular weight excluding hydrogens is 460 g/mol. The fraction of sp³-hybridized carbons (Fsp3) is 0.214. The number of rotatable bonds is 8. The molecule has 3 aromatic rings. The molecule has 35 heavy (non-hydrogen) atoms. The normalized spacial score (nSPS) is 15.2. The van der Waals surface area contributed by atoms with Crippen molar-refractivity contribution in [2.24, 2.45) is 0 Å². The zero-order valence-corrected chi connectivity index (χ0v) is 20.8. The second-order valence-corrected chi connectivity index (χ2v) is 8.50. The highest BCUT2D eigenvalue weighted by Crippen LogP contribution is 2.37. The van der Waals surface area contributed by atoms with E-state index < -0.39 is 12.0 Å². The van der Waals surface area contributed by atoms with Gasteiger partial charge in [-0.2, -0.15) is 0 Å². The Morgan fingerprint density at radius 2 is 1.77 bits per heavy atom. The van der Waals surface area contributed by atoms with E-state index in [-0.39, 0.29) is 0 Å². The molecule has 2 N–H and O–H groups in total. The van der Waals surface area contributed by atoms with Gasteiger partial charge in [0.1, 0.15) is 6.61 Å². The number of methoxy groups -OCH3 is 1. The number of hydrogen-bond donors (Lipinski definition) is 2. The molecule has 0 fully saturated rings. The third kappa shape index (κ3) is 5.63. The number of aryl methyl sites for hydroxylation is 1. The molecule has 1 aliphatic rings. The standard InChI is InChI=1S/C28H28N2O4S/c1-4-33-23-16-21(13-14-22(23)34-17-19-10-8-9-18(2)15-19)26-24(27(31)32-3)25(29-28(35)30-26)20-11-6-5-7-12-20/h5-16,26H,4,17H2,1-3H3,(H2,29,30,35)/t26-/m1/s1. The van der Waals surface area contributed by atoms with Crippen molar-refractivity contribution in [1.29, 1.82) is 0 Å². The molecule has 1 heterocycles. The Labute approximate surface area is 210 Å². The molecule has 4 rings (SSSR count). The second kappa shape index (κ2) is 11.1. The van der Waals surface area contributed by atoms with Crippen LogP contribution in [-0.2, 0) is 16.1 Å². The summed E-state index contributed by atoms with van der Waals surface area (Å²) in [6.07, 6.45) is 0. The summed E-state index contributed by atoms with van der Waals surface area (Å²) < 4.78 is 17.2. The molecule has 0 amide bonds. The van der Waals surface area contributed by atoms with Crippen molar-refractivity contribution in [3.8, 4) is 11.5 Å². The van der Waals surface area contributed by atoms with Crippen molar-refractivity contribution in [1.82, 2.24) is 10.6 Å². The fourth-order valence-corrected chi connectivity index (χ4v) is 4.25. The van der Waals surface area contributed by atoms with Gasteiger partial charge < -0.3 is 24.8 Å². The quantitative estimate of drug-likeness (QED) is 0.339. The summed E-state index contributed by atoms with van der Waals surface area (Å²) in [7, 11) is 1.37. The topological polar surface area (TPSA) is 68.8 Å². The van der Waals surface area contributed by atoms with Crippen LogP contribution >= 0.6 is 12.2 Å². The Hall–Kier alpha value is -3.84. The van der Waals surface area contributed by atoms with E-state index in [0.29, 0.717) is 41.1 Å². The lowest BCUT2D eigenvalue weighted by Gasteiger charge is -2.31. The zero-order valence-electron chi connectivity index (χ0n) is 20.0. The van der Waals surface area contributed by atoms with Crippen LogP contribution in [0, 0.1) is 6.92 Å². The molecule has 0 spiro atoms. The van der Waals surface area contributed by atoms with E-state index in [2.05, 4.69) is 29.7 Å². The maximum Gasteiger partial charge on any atom is 0.338 e. The van der Waals surface area contributed by atoms with Crippen LogP contribution in [0.3, 0.4) is 0 Å². The zero-order chi connectivity index (χ0) is 24.8. The van der Waals surface area contributed by atoms with E-state index in [1.54, 1.807) is 0 Å². The number of nitrogens with one attached hydrogen (secondary N) is 2. The Kier molecular flexibility index (Phi) is 7.67. The first-order chi connectivity index (χ1) is 17.0. The van der Waals surface area contributed by atoms with Crippen LogP contribution < -0.4 is 20.1 Å². The van der Waals surface area contributed by atoms with Gasteiger partial charge in [0.05, 0.1) is 31.0 Å². The van der Waals surface area contributed by atoms with Crippen molar-refractivity contribution >= 4 is 29.0 Å². The SMILES string of the molecule is CCOc1cc([C@H]2NC(=S)NC(c3ccccc3)=C2C(=O)OC)ccc1OCc1cccc(C)c1. The smallest absolute Gasteiger partial charge is 0.338 e. The fourth-order valence-electron chi connectivity index (χ4n) is 4.03. The van der Waals surface area contributed by atoms with Crippen LogP contribution in [0.4, 0.5) is 0 Å². The Morgan fingerprint density at radius 3 is 2.49 bits per heavy atom. The van der Waals surface area contributed by atoms with E-state index in [4.69, 9.17) is 26.4 Å². The summed E-state index contributed by atoms with van der Waals surface area (Å²) >= 11 is 5.49. The first-order valence-electron chi connectivity index (χ1n) is 11.4. The van der Waals surface area contributed by atoms with Crippen molar-refractivity contribution in [3.05, 3.63) is 101 Å². The molecule has 180 valence electrons. The van der Waals surface area contributed by atoms with Gasteiger partial charge in [0.15, 0.2) is 16.6 Å². The summed E-state index contributed by atoms with van der Waals surface area (Å²) in [6.45, 7) is 4.86. The first kappa shape index (κ1) is 24.3. The monoisotopic (exact) mass is 488 g/mol. The van der Waals surface area contributed by atoms with Gasteiger partial charge in [-0.3, -0.25) is 0 Å². The lowest BCUT2D eigenvalue weighted by atomic mass is 9.92. The van der Waals surface area contributed by atoms with Gasteiger partial charge in [-0.05, 0) is 54.9 Å². The number of carbonyl (C=O) groups is 1. The van der Waals surface area contributed by atoms with Crippen LogP contribution in [0.1, 0.15) is 35.2 Å². The van der Waals surface area contributed by atoms with Crippen LogP contribution in [-0.4, -0.2) is 24.8 Å². The number of ether oxygens (including phenoxy) is 3. The summed E-state index contributed by atoms with van der Waals surface area (Å²) in [4.78, 5) is 12.9. The summed E-state index contributed by atoms with van der Waals surface area (Å²) in [5, 5.41) is 6.77. The number of carbonyl (C=O) groups excluding carboxylic acids is 1. The minimum absolute atomic E-state index is 0.416. The summed E-state index contributed by atoms with van der Waals surface area (Å²) in [5.41, 5.74) is 4.94. The number of esters is 1. The van der Waals surface area contributed by atoms with Crippen LogP contribution in [0.15, 0.2) is 78.4 Å². The lowest BCUT2D eigenvalue weighted by Crippen LogP contribution is -2.45. The number of hydrogen-bond acceptors (Lipinski definition) is 5. The van der Waals surface area contributed by atoms with E-state index >= 15 is 0 Å². The molecule has 0 radical (unpaired) electrons. The molecule has 0 aromatic heterocycles. The Morgan fingerprint density at radius 1 is 0.971 bits per heavy atom. The van der Waals surface area contributed by atoms with E-state index in [1.165, 1.54) is 12.7 Å². The van der Waals surface area contributed by atoms with Crippen LogP contribution in [0.2, 0.25) is 0 Å². The number of thiocarbonyl (C=S) groups is 1. The van der Waals surface area contributed by atoms with Crippen LogP contribution in [0.25, 0.3) is 5.70 Å². The highest BCUT2D eigenvalue weighted by molar-refractivity contribution is 7.80. The van der Waals surface area contributed by atoms with Crippen molar-refractivity contribution in [2.45, 2.75) is 26.5 Å². The average Bonchev–Trinajstić information content (AvgIpc) is 2.87. The molecule has 0 saturated heterocycles. The third-order valence-electron chi connectivity index (χ3n) is 5.62. The summed E-state index contributed by atoms with van der Waals surface area (Å²) in [6, 6.07) is 22.9. The van der Waals surface area contributed by atoms with Gasteiger partial charge in [-0.15, -0.1) is 0 Å². The van der Waals surface area contributed by atoms with Crippen molar-refractivity contribution in [3.63, 3.8) is 0 Å². The van der Waals surface area contributed by atoms with Gasteiger partial charge in [0.25, 0.3) is 0 Å². The van der Waals surface area contributed by atoms with E-state index in [0.717, 1.165) is 16.7 Å². The van der Waals surface area contributed by atoms with Gasteiger partial charge in [0, 0.05) is 0 Å². The summed E-state index contributed by atoms with van der Waals surface area (Å²) in [5.74, 6) is 0.768. The predicted octanol–water partition coefficient (Wildman–Crippen LogP) is 5.08. The van der Waals surface area contributed by atoms with E-state index in [1.807, 2.05) is 67.6 Å². The molecule has 1 aliphatic heterocycles. The maximum absolute atomic E-state index is 12.9. The third-order valence-corrected chi connectivity index (χ3v) is 5.84. The Bertz CT molecular complexity index is 1260. The molecule has 1 atom stereocenters. The van der Waals surface area contributed by atoms with Crippen molar-refractivity contribution in [2.75, 3.05) is 13.7 Å². The van der Waals surface area contributed by atoms with Gasteiger partial charge in [-0.25, -0.2) is 4.79 Å². The molecule has 0 bridgehead atoms. The van der Waals surface area contributed by atoms with Gasteiger partial charge in [-0.1, -0.05) is 66.2 Å². The maximum atomic E-state index is 12.9. The number of benzene rings is 3. The molecule has 3 aromatic carbocycles. The van der Waals surface area contributed by atoms with Crippen LogP contribution in [0.5, 0.6) is 11.5 Å². The van der Waals surface area contributed by atoms with Crippen molar-refractivity contribution < 1.29 is 19.0 Å². The average molecular weight is 489 g/mol. The minimum Gasteiger partial charge on any atom is -0.490 e. The molecular formula is C28H28N2O4S. The molecule has 6 nitrogen and oxygen atoms in total. The molecule has 0 unspecified atom stereocenters. The first-order valence-corrected chi connectivity index (χ1v) is 11.8. The Balaban J connectivity index is 1.71. The lowest BCUT2D eigenvalue weighted by molar-refractivity contribution is -0.136. The molecule has 7 heteroatoms. The largest absolute Gasteiger partial charge is 0.490 e. The molecule has 0 saturated carbocycles. The minimum atomic E-state index is -0.531. The second-order valence-electron chi connectivity index (χ2n) is 8.09. The van der Waals surface area contributed by atoms with Gasteiger partial charge in [0.2, 0.25) is 0 Å². The van der Waals surface area contributed by atoms with Gasteiger partial charge >= 0.3 is 5.97 Å². The highest BCUT2D eigenvalue weighted by Gasteiger charge is 2.33.